The standard InChI is InChI=1S/C26H35N5O/c32-24(19-10-3-1-4-11-19)30-22-14-6-5-13-21(22)26(15-7-2-8-16-26)31-25(30)28-23(29-31)20-12-9-17-27-18-20/h9,12,17-19,21-22H,1-8,10-11,13-16H2. The summed E-state index contributed by atoms with van der Waals surface area (Å²) in [6.45, 7) is 0. The number of fused-ring (bicyclic) bond motifs is 4. The van der Waals surface area contributed by atoms with Crippen LogP contribution < -0.4 is 4.90 Å². The topological polar surface area (TPSA) is 63.9 Å². The molecule has 32 heavy (non-hydrogen) atoms. The minimum absolute atomic E-state index is 0.0233. The van der Waals surface area contributed by atoms with Crippen molar-refractivity contribution in [1.29, 1.82) is 0 Å². The average Bonchev–Trinajstić information content (AvgIpc) is 3.32. The van der Waals surface area contributed by atoms with Crippen molar-refractivity contribution in [3.05, 3.63) is 24.5 Å². The highest BCUT2D eigenvalue weighted by Gasteiger charge is 2.55. The van der Waals surface area contributed by atoms with Crippen molar-refractivity contribution in [2.24, 2.45) is 11.8 Å². The molecule has 2 unspecified atom stereocenters. The van der Waals surface area contributed by atoms with Crippen molar-refractivity contribution in [2.75, 3.05) is 4.90 Å². The first-order valence-electron chi connectivity index (χ1n) is 13.0. The molecule has 1 spiro atoms. The normalized spacial score (nSPS) is 27.7. The molecule has 6 rings (SSSR count). The SMILES string of the molecule is O=C(C1CCCCC1)N1c2nc(-c3cccnc3)nn2C2(CCCCC2)C2CCCCC21. The van der Waals surface area contributed by atoms with Crippen LogP contribution in [0.5, 0.6) is 0 Å². The molecule has 0 N–H and O–H groups in total. The quantitative estimate of drug-likeness (QED) is 0.629. The first-order chi connectivity index (χ1) is 15.8. The summed E-state index contributed by atoms with van der Waals surface area (Å²) >= 11 is 0. The van der Waals surface area contributed by atoms with Gasteiger partial charge in [0.15, 0.2) is 5.82 Å². The van der Waals surface area contributed by atoms with Gasteiger partial charge in [0.25, 0.3) is 0 Å². The van der Waals surface area contributed by atoms with Crippen LogP contribution in [0.15, 0.2) is 24.5 Å². The summed E-state index contributed by atoms with van der Waals surface area (Å²) < 4.78 is 2.24. The van der Waals surface area contributed by atoms with Crippen molar-refractivity contribution >= 4 is 11.9 Å². The second-order valence-corrected chi connectivity index (χ2v) is 10.6. The Morgan fingerprint density at radius 2 is 1.69 bits per heavy atom. The van der Waals surface area contributed by atoms with Gasteiger partial charge in [0.05, 0.1) is 5.54 Å². The van der Waals surface area contributed by atoms with Gasteiger partial charge in [-0.2, -0.15) is 4.98 Å². The molecule has 170 valence electrons. The molecule has 0 bridgehead atoms. The third kappa shape index (κ3) is 3.20. The van der Waals surface area contributed by atoms with E-state index >= 15 is 0 Å². The Morgan fingerprint density at radius 3 is 2.47 bits per heavy atom. The fourth-order valence-electron chi connectivity index (χ4n) is 7.28. The smallest absolute Gasteiger partial charge is 0.232 e. The molecule has 2 atom stereocenters. The van der Waals surface area contributed by atoms with E-state index in [-0.39, 0.29) is 17.5 Å². The van der Waals surface area contributed by atoms with Crippen LogP contribution in [0.4, 0.5) is 5.95 Å². The number of pyridine rings is 1. The van der Waals surface area contributed by atoms with Gasteiger partial charge in [-0.15, -0.1) is 5.10 Å². The van der Waals surface area contributed by atoms with Gasteiger partial charge in [0.1, 0.15) is 0 Å². The van der Waals surface area contributed by atoms with Crippen LogP contribution in [0, 0.1) is 11.8 Å². The first-order valence-corrected chi connectivity index (χ1v) is 13.0. The van der Waals surface area contributed by atoms with Gasteiger partial charge in [-0.05, 0) is 50.7 Å². The van der Waals surface area contributed by atoms with Gasteiger partial charge in [0, 0.05) is 35.8 Å². The zero-order valence-electron chi connectivity index (χ0n) is 19.1. The Balaban J connectivity index is 1.50. The van der Waals surface area contributed by atoms with E-state index < -0.39 is 0 Å². The fourth-order valence-corrected chi connectivity index (χ4v) is 7.28. The van der Waals surface area contributed by atoms with Crippen molar-refractivity contribution < 1.29 is 4.79 Å². The molecule has 4 aliphatic rings. The highest BCUT2D eigenvalue weighted by Crippen LogP contribution is 2.53. The van der Waals surface area contributed by atoms with E-state index in [9.17, 15) is 4.79 Å². The molecule has 2 aromatic heterocycles. The van der Waals surface area contributed by atoms with Crippen molar-refractivity contribution in [1.82, 2.24) is 19.7 Å². The van der Waals surface area contributed by atoms with Gasteiger partial charge < -0.3 is 0 Å². The lowest BCUT2D eigenvalue weighted by Gasteiger charge is -2.55. The Hall–Kier alpha value is -2.24. The molecular formula is C26H35N5O. The molecule has 0 saturated heterocycles. The number of anilines is 1. The fraction of sp³-hybridized carbons (Fsp3) is 0.692. The zero-order valence-corrected chi connectivity index (χ0v) is 19.1. The molecule has 3 saturated carbocycles. The van der Waals surface area contributed by atoms with Crippen LogP contribution >= 0.6 is 0 Å². The van der Waals surface area contributed by atoms with Crippen molar-refractivity contribution in [3.8, 4) is 11.4 Å². The Bertz CT molecular complexity index is 958. The Labute approximate surface area is 190 Å². The lowest BCUT2D eigenvalue weighted by atomic mass is 9.64. The lowest BCUT2D eigenvalue weighted by Crippen LogP contribution is -2.62. The Kier molecular flexibility index (Phi) is 5.27. The molecule has 6 nitrogen and oxygen atoms in total. The summed E-state index contributed by atoms with van der Waals surface area (Å²) in [5.74, 6) is 2.51. The summed E-state index contributed by atoms with van der Waals surface area (Å²) in [5, 5.41) is 5.14. The van der Waals surface area contributed by atoms with E-state index in [4.69, 9.17) is 10.1 Å². The highest BCUT2D eigenvalue weighted by atomic mass is 16.2. The summed E-state index contributed by atoms with van der Waals surface area (Å²) in [7, 11) is 0. The van der Waals surface area contributed by atoms with Gasteiger partial charge in [-0.25, -0.2) is 4.68 Å². The van der Waals surface area contributed by atoms with Crippen LogP contribution in [0.25, 0.3) is 11.4 Å². The number of amides is 1. The molecule has 3 heterocycles. The number of hydrogen-bond donors (Lipinski definition) is 0. The average molecular weight is 434 g/mol. The molecule has 3 fully saturated rings. The van der Waals surface area contributed by atoms with Crippen LogP contribution in [0.1, 0.15) is 89.9 Å². The molecule has 0 radical (unpaired) electrons. The molecule has 2 aromatic rings. The molecule has 6 heteroatoms. The monoisotopic (exact) mass is 433 g/mol. The summed E-state index contributed by atoms with van der Waals surface area (Å²) in [6.07, 6.45) is 20.3. The Morgan fingerprint density at radius 1 is 0.938 bits per heavy atom. The maximum absolute atomic E-state index is 14.0. The zero-order chi connectivity index (χ0) is 21.5. The second kappa shape index (κ2) is 8.27. The number of rotatable bonds is 2. The number of aromatic nitrogens is 4. The van der Waals surface area contributed by atoms with E-state index in [1.807, 2.05) is 18.3 Å². The van der Waals surface area contributed by atoms with Crippen molar-refractivity contribution in [2.45, 2.75) is 101 Å². The third-order valence-electron chi connectivity index (χ3n) is 8.81. The summed E-state index contributed by atoms with van der Waals surface area (Å²) in [6, 6.07) is 4.26. The maximum Gasteiger partial charge on any atom is 0.232 e. The first kappa shape index (κ1) is 20.4. The van der Waals surface area contributed by atoms with Crippen LogP contribution in [0.2, 0.25) is 0 Å². The van der Waals surface area contributed by atoms with E-state index in [2.05, 4.69) is 14.6 Å². The predicted molar refractivity (Wildman–Crippen MR) is 124 cm³/mol. The molecular weight excluding hydrogens is 398 g/mol. The van der Waals surface area contributed by atoms with Gasteiger partial charge in [-0.1, -0.05) is 51.4 Å². The van der Waals surface area contributed by atoms with Crippen LogP contribution in [0.3, 0.4) is 0 Å². The summed E-state index contributed by atoms with van der Waals surface area (Å²) in [4.78, 5) is 25.5. The van der Waals surface area contributed by atoms with E-state index in [1.165, 1.54) is 70.6 Å². The maximum atomic E-state index is 14.0. The highest BCUT2D eigenvalue weighted by molar-refractivity contribution is 5.95. The minimum Gasteiger partial charge on any atom is -0.277 e. The summed E-state index contributed by atoms with van der Waals surface area (Å²) in [5.41, 5.74) is 0.962. The van der Waals surface area contributed by atoms with Crippen molar-refractivity contribution in [3.63, 3.8) is 0 Å². The number of carbonyl (C=O) groups is 1. The largest absolute Gasteiger partial charge is 0.277 e. The number of carbonyl (C=O) groups excluding carboxylic acids is 1. The number of hydrogen-bond acceptors (Lipinski definition) is 4. The lowest BCUT2D eigenvalue weighted by molar-refractivity contribution is -0.125. The van der Waals surface area contributed by atoms with E-state index in [0.717, 1.165) is 36.6 Å². The van der Waals surface area contributed by atoms with Gasteiger partial charge >= 0.3 is 0 Å². The second-order valence-electron chi connectivity index (χ2n) is 10.6. The van der Waals surface area contributed by atoms with Gasteiger partial charge in [0.2, 0.25) is 11.9 Å². The molecule has 1 amide bonds. The molecule has 0 aromatic carbocycles. The molecule has 1 aliphatic heterocycles. The van der Waals surface area contributed by atoms with Crippen LogP contribution in [-0.2, 0) is 10.3 Å². The number of nitrogens with zero attached hydrogens (tertiary/aromatic N) is 5. The van der Waals surface area contributed by atoms with E-state index in [1.54, 1.807) is 6.20 Å². The predicted octanol–water partition coefficient (Wildman–Crippen LogP) is 5.49. The molecule has 3 aliphatic carbocycles. The van der Waals surface area contributed by atoms with Crippen LogP contribution in [-0.4, -0.2) is 31.7 Å². The van der Waals surface area contributed by atoms with E-state index in [0.29, 0.717) is 11.8 Å². The minimum atomic E-state index is 0.0233. The third-order valence-corrected chi connectivity index (χ3v) is 8.81. The van der Waals surface area contributed by atoms with Gasteiger partial charge in [-0.3, -0.25) is 14.7 Å².